The van der Waals surface area contributed by atoms with Crippen LogP contribution in [0.4, 0.5) is 10.1 Å². The lowest BCUT2D eigenvalue weighted by Crippen LogP contribution is -2.52. The van der Waals surface area contributed by atoms with Crippen molar-refractivity contribution in [3.05, 3.63) is 62.8 Å². The Kier molecular flexibility index (Phi) is 10.2. The molecule has 0 heterocycles. The summed E-state index contributed by atoms with van der Waals surface area (Å²) in [5.41, 5.74) is 0.525. The Morgan fingerprint density at radius 2 is 1.60 bits per heavy atom. The highest BCUT2D eigenvalue weighted by Crippen LogP contribution is 2.35. The number of rotatable bonds is 10. The summed E-state index contributed by atoms with van der Waals surface area (Å²) in [6.45, 7) is 4.56. The normalized spacial score (nSPS) is 13.1. The van der Waals surface area contributed by atoms with Gasteiger partial charge in [-0.05, 0) is 50.1 Å². The molecule has 12 heteroatoms. The number of benzene rings is 2. The summed E-state index contributed by atoms with van der Waals surface area (Å²) < 4.78 is 39.4. The summed E-state index contributed by atoms with van der Waals surface area (Å²) in [4.78, 5) is 27.5. The molecule has 2 amide bonds. The van der Waals surface area contributed by atoms with Gasteiger partial charge in [0.2, 0.25) is 21.8 Å². The van der Waals surface area contributed by atoms with E-state index in [0.717, 1.165) is 10.6 Å². The van der Waals surface area contributed by atoms with Crippen molar-refractivity contribution < 1.29 is 22.4 Å². The van der Waals surface area contributed by atoms with Crippen molar-refractivity contribution in [1.82, 2.24) is 10.2 Å². The number of hydrogen-bond donors (Lipinski definition) is 1. The fourth-order valence-electron chi connectivity index (χ4n) is 3.13. The van der Waals surface area contributed by atoms with Crippen LogP contribution in [0, 0.1) is 5.82 Å². The molecule has 2 atom stereocenters. The van der Waals surface area contributed by atoms with Crippen molar-refractivity contribution in [2.75, 3.05) is 17.1 Å². The quantitative estimate of drug-likeness (QED) is 0.415. The van der Waals surface area contributed by atoms with E-state index < -0.39 is 40.2 Å². The van der Waals surface area contributed by atoms with Crippen LogP contribution in [0.5, 0.6) is 0 Å². The van der Waals surface area contributed by atoms with Gasteiger partial charge in [0.25, 0.3) is 0 Å². The van der Waals surface area contributed by atoms with E-state index in [-0.39, 0.29) is 33.3 Å². The molecule has 35 heavy (non-hydrogen) atoms. The fourth-order valence-corrected chi connectivity index (χ4v) is 4.68. The maximum atomic E-state index is 13.5. The van der Waals surface area contributed by atoms with Crippen molar-refractivity contribution in [2.45, 2.75) is 45.8 Å². The Morgan fingerprint density at radius 1 is 1.03 bits per heavy atom. The van der Waals surface area contributed by atoms with Gasteiger partial charge in [0.05, 0.1) is 27.0 Å². The SMILES string of the molecule is CC[C@H](C)NC(=O)[C@H](C)N(Cc1ccc(F)cc1)C(=O)CN(c1cc(Cl)c(Cl)cc1Cl)S(C)(=O)=O. The van der Waals surface area contributed by atoms with E-state index in [1.165, 1.54) is 48.2 Å². The highest BCUT2D eigenvalue weighted by molar-refractivity contribution is 7.92. The molecule has 0 unspecified atom stereocenters. The van der Waals surface area contributed by atoms with Gasteiger partial charge in [-0.15, -0.1) is 0 Å². The topological polar surface area (TPSA) is 86.8 Å². The molecule has 1 N–H and O–H groups in total. The molecular weight excluding hydrogens is 540 g/mol. The van der Waals surface area contributed by atoms with Gasteiger partial charge in [-0.1, -0.05) is 53.9 Å². The zero-order valence-corrected chi connectivity index (χ0v) is 22.8. The number of halogens is 4. The van der Waals surface area contributed by atoms with Gasteiger partial charge in [-0.2, -0.15) is 0 Å². The average Bonchev–Trinajstić information content (AvgIpc) is 2.78. The molecule has 2 rings (SSSR count). The highest BCUT2D eigenvalue weighted by Gasteiger charge is 2.31. The summed E-state index contributed by atoms with van der Waals surface area (Å²) in [6.07, 6.45) is 1.60. The molecule has 0 fully saturated rings. The van der Waals surface area contributed by atoms with Crippen molar-refractivity contribution in [2.24, 2.45) is 0 Å². The molecule has 0 aliphatic heterocycles. The molecule has 7 nitrogen and oxygen atoms in total. The van der Waals surface area contributed by atoms with Crippen LogP contribution in [-0.2, 0) is 26.2 Å². The third-order valence-electron chi connectivity index (χ3n) is 5.37. The van der Waals surface area contributed by atoms with E-state index in [0.29, 0.717) is 12.0 Å². The molecule has 192 valence electrons. The molecule has 0 aliphatic carbocycles. The monoisotopic (exact) mass is 565 g/mol. The highest BCUT2D eigenvalue weighted by atomic mass is 35.5. The van der Waals surface area contributed by atoms with E-state index in [1.54, 1.807) is 0 Å². The van der Waals surface area contributed by atoms with Crippen LogP contribution in [0.25, 0.3) is 0 Å². The van der Waals surface area contributed by atoms with Crippen LogP contribution in [0.3, 0.4) is 0 Å². The minimum atomic E-state index is -4.00. The predicted octanol–water partition coefficient (Wildman–Crippen LogP) is 4.88. The Balaban J connectivity index is 2.45. The maximum absolute atomic E-state index is 13.5. The number of carbonyl (C=O) groups is 2. The van der Waals surface area contributed by atoms with Crippen molar-refractivity contribution in [1.29, 1.82) is 0 Å². The summed E-state index contributed by atoms with van der Waals surface area (Å²) in [7, 11) is -4.00. The number of nitrogens with one attached hydrogen (secondary N) is 1. The average molecular weight is 567 g/mol. The molecular formula is C23H27Cl3FN3O4S. The van der Waals surface area contributed by atoms with E-state index in [4.69, 9.17) is 34.8 Å². The minimum Gasteiger partial charge on any atom is -0.352 e. The van der Waals surface area contributed by atoms with Crippen LogP contribution in [0.2, 0.25) is 15.1 Å². The van der Waals surface area contributed by atoms with Crippen LogP contribution < -0.4 is 9.62 Å². The second kappa shape index (κ2) is 12.3. The lowest BCUT2D eigenvalue weighted by Gasteiger charge is -2.32. The first-order valence-electron chi connectivity index (χ1n) is 10.7. The maximum Gasteiger partial charge on any atom is 0.244 e. The second-order valence-electron chi connectivity index (χ2n) is 8.13. The lowest BCUT2D eigenvalue weighted by molar-refractivity contribution is -0.139. The molecule has 0 saturated carbocycles. The summed E-state index contributed by atoms with van der Waals surface area (Å²) in [5.74, 6) is -1.53. The predicted molar refractivity (Wildman–Crippen MR) is 138 cm³/mol. The molecule has 0 spiro atoms. The summed E-state index contributed by atoms with van der Waals surface area (Å²) in [5, 5.41) is 2.97. The van der Waals surface area contributed by atoms with Gasteiger partial charge in [-0.25, -0.2) is 12.8 Å². The minimum absolute atomic E-state index is 0.0229. The Morgan fingerprint density at radius 3 is 2.14 bits per heavy atom. The van der Waals surface area contributed by atoms with E-state index in [2.05, 4.69) is 5.32 Å². The molecule has 2 aromatic rings. The van der Waals surface area contributed by atoms with Gasteiger partial charge in [0.1, 0.15) is 18.4 Å². The van der Waals surface area contributed by atoms with Crippen LogP contribution >= 0.6 is 34.8 Å². The molecule has 0 aliphatic rings. The van der Waals surface area contributed by atoms with Crippen molar-refractivity contribution >= 4 is 62.3 Å². The number of nitrogens with zero attached hydrogens (tertiary/aromatic N) is 2. The molecule has 0 radical (unpaired) electrons. The largest absolute Gasteiger partial charge is 0.352 e. The Hall–Kier alpha value is -2.07. The van der Waals surface area contributed by atoms with Gasteiger partial charge in [0, 0.05) is 12.6 Å². The van der Waals surface area contributed by atoms with Gasteiger partial charge in [0.15, 0.2) is 0 Å². The van der Waals surface area contributed by atoms with E-state index >= 15 is 0 Å². The zero-order valence-electron chi connectivity index (χ0n) is 19.7. The summed E-state index contributed by atoms with van der Waals surface area (Å²) in [6, 6.07) is 6.90. The van der Waals surface area contributed by atoms with E-state index in [9.17, 15) is 22.4 Å². The van der Waals surface area contributed by atoms with Crippen LogP contribution in [-0.4, -0.2) is 50.0 Å². The van der Waals surface area contributed by atoms with Gasteiger partial charge in [-0.3, -0.25) is 13.9 Å². The first kappa shape index (κ1) is 29.2. The number of carbonyl (C=O) groups excluding carboxylic acids is 2. The fraction of sp³-hybridized carbons (Fsp3) is 0.391. The molecule has 0 saturated heterocycles. The lowest BCUT2D eigenvalue weighted by atomic mass is 10.1. The standard InChI is InChI=1S/C23H27Cl3FN3O4S/c1-5-14(2)28-23(32)15(3)29(12-16-6-8-17(27)9-7-16)22(31)13-30(35(4,33)34)21-11-19(25)18(24)10-20(21)26/h6-11,14-15H,5,12-13H2,1-4H3,(H,28,32)/t14-,15-/m0/s1. The van der Waals surface area contributed by atoms with Crippen LogP contribution in [0.15, 0.2) is 36.4 Å². The number of hydrogen-bond acceptors (Lipinski definition) is 4. The van der Waals surface area contributed by atoms with Crippen LogP contribution in [0.1, 0.15) is 32.8 Å². The Bertz CT molecular complexity index is 1180. The second-order valence-corrected chi connectivity index (χ2v) is 11.3. The van der Waals surface area contributed by atoms with Gasteiger partial charge >= 0.3 is 0 Å². The first-order valence-corrected chi connectivity index (χ1v) is 13.7. The third-order valence-corrected chi connectivity index (χ3v) is 7.52. The Labute approximate surface area is 220 Å². The van der Waals surface area contributed by atoms with Gasteiger partial charge < -0.3 is 10.2 Å². The molecule has 0 aromatic heterocycles. The van der Waals surface area contributed by atoms with Crippen molar-refractivity contribution in [3.63, 3.8) is 0 Å². The molecule has 2 aromatic carbocycles. The number of amides is 2. The third kappa shape index (κ3) is 7.96. The zero-order chi connectivity index (χ0) is 26.5. The number of sulfonamides is 1. The molecule has 0 bridgehead atoms. The van der Waals surface area contributed by atoms with Crippen molar-refractivity contribution in [3.8, 4) is 0 Å². The van der Waals surface area contributed by atoms with E-state index in [1.807, 2.05) is 13.8 Å². The smallest absolute Gasteiger partial charge is 0.244 e. The summed E-state index contributed by atoms with van der Waals surface area (Å²) >= 11 is 18.2. The number of anilines is 1. The first-order chi connectivity index (χ1) is 16.2.